The van der Waals surface area contributed by atoms with Crippen molar-refractivity contribution in [2.75, 3.05) is 13.2 Å². The second-order valence-corrected chi connectivity index (χ2v) is 8.70. The maximum Gasteiger partial charge on any atom is 0.433 e. The molecule has 2 aromatic rings. The number of pyridine rings is 1. The first-order chi connectivity index (χ1) is 16.5. The second kappa shape index (κ2) is 11.2. The van der Waals surface area contributed by atoms with E-state index in [-0.39, 0.29) is 24.1 Å². The number of likely N-dealkylation sites (tertiary alicyclic amines) is 1. The van der Waals surface area contributed by atoms with Gasteiger partial charge in [0, 0.05) is 25.3 Å². The summed E-state index contributed by atoms with van der Waals surface area (Å²) in [5.41, 5.74) is 8.50. The van der Waals surface area contributed by atoms with Gasteiger partial charge in [0.05, 0.1) is 24.5 Å². The van der Waals surface area contributed by atoms with Gasteiger partial charge >= 0.3 is 12.1 Å². The molecule has 2 aliphatic rings. The van der Waals surface area contributed by atoms with E-state index in [0.29, 0.717) is 36.5 Å². The van der Waals surface area contributed by atoms with Crippen LogP contribution in [0, 0.1) is 0 Å². The minimum absolute atomic E-state index is 0.0642. The lowest BCUT2D eigenvalue weighted by Gasteiger charge is -2.24. The number of fused-ring (bicyclic) bond motifs is 1. The lowest BCUT2D eigenvalue weighted by Crippen LogP contribution is -2.35. The average Bonchev–Trinajstić information content (AvgIpc) is 3.43. The third-order valence-electron chi connectivity index (χ3n) is 6.23. The molecule has 2 aliphatic heterocycles. The second-order valence-electron chi connectivity index (χ2n) is 8.70. The molecule has 8 nitrogen and oxygen atoms in total. The van der Waals surface area contributed by atoms with Crippen molar-refractivity contribution in [2.24, 2.45) is 0 Å². The largest absolute Gasteiger partial charge is 0.671 e. The zero-order valence-electron chi connectivity index (χ0n) is 19.8. The molecule has 2 atom stereocenters. The summed E-state index contributed by atoms with van der Waals surface area (Å²) in [6.45, 7) is 6.01. The monoisotopic (exact) mass is 495 g/mol. The number of alkyl halides is 3. The van der Waals surface area contributed by atoms with Gasteiger partial charge in [-0.3, -0.25) is 9.78 Å². The average molecular weight is 496 g/mol. The van der Waals surface area contributed by atoms with Gasteiger partial charge in [-0.2, -0.15) is 13.2 Å². The lowest BCUT2D eigenvalue weighted by molar-refractivity contribution is -0.141. The van der Waals surface area contributed by atoms with Crippen LogP contribution in [0.3, 0.4) is 0 Å². The number of rotatable bonds is 5. The van der Waals surface area contributed by atoms with Crippen molar-refractivity contribution in [3.63, 3.8) is 0 Å². The van der Waals surface area contributed by atoms with Gasteiger partial charge in [-0.15, -0.1) is 6.04 Å². The molecule has 1 fully saturated rings. The molecule has 11 heteroatoms. The molecule has 1 amide bonds. The number of carboxylic acids is 1. The Morgan fingerprint density at radius 1 is 1.31 bits per heavy atom. The van der Waals surface area contributed by atoms with Crippen LogP contribution in [0.5, 0.6) is 0 Å². The Labute approximate surface area is 201 Å². The topological polar surface area (TPSA) is 108 Å². The Bertz CT molecular complexity index is 1040. The van der Waals surface area contributed by atoms with Crippen LogP contribution in [0.1, 0.15) is 83.4 Å². The zero-order valence-corrected chi connectivity index (χ0v) is 19.8. The van der Waals surface area contributed by atoms with Crippen LogP contribution in [0.2, 0.25) is 0 Å². The van der Waals surface area contributed by atoms with E-state index in [0.717, 1.165) is 38.1 Å². The SMILES string of the molecule is CCC[C@@H]([NH-])c1ccc(C(F)(F)F)nc1.C[C@H]1CCCN1C(=O)c1cc(C(=O)O)c2n1CCOC2. The maximum atomic E-state index is 12.6. The molecule has 2 N–H and O–H groups in total. The van der Waals surface area contributed by atoms with E-state index < -0.39 is 23.9 Å². The first-order valence-electron chi connectivity index (χ1n) is 11.6. The molecule has 0 unspecified atom stereocenters. The zero-order chi connectivity index (χ0) is 25.8. The summed E-state index contributed by atoms with van der Waals surface area (Å²) in [5.74, 6) is -1.07. The lowest BCUT2D eigenvalue weighted by atomic mass is 10.1. The third-order valence-corrected chi connectivity index (χ3v) is 6.23. The van der Waals surface area contributed by atoms with E-state index in [1.165, 1.54) is 12.1 Å². The molecule has 35 heavy (non-hydrogen) atoms. The summed E-state index contributed by atoms with van der Waals surface area (Å²) in [7, 11) is 0. The quantitative estimate of drug-likeness (QED) is 0.603. The maximum absolute atomic E-state index is 12.6. The van der Waals surface area contributed by atoms with Crippen molar-refractivity contribution >= 4 is 11.9 Å². The predicted octanol–water partition coefficient (Wildman–Crippen LogP) is 5.33. The molecule has 0 radical (unpaired) electrons. The third kappa shape index (κ3) is 6.21. The highest BCUT2D eigenvalue weighted by Crippen LogP contribution is 2.29. The summed E-state index contributed by atoms with van der Waals surface area (Å²) in [5, 5.41) is 9.26. The number of carboxylic acid groups (broad SMARTS) is 1. The first-order valence-corrected chi connectivity index (χ1v) is 11.6. The van der Waals surface area contributed by atoms with E-state index in [9.17, 15) is 27.9 Å². The highest BCUT2D eigenvalue weighted by atomic mass is 19.4. The van der Waals surface area contributed by atoms with Gasteiger partial charge in [0.1, 0.15) is 11.4 Å². The van der Waals surface area contributed by atoms with Crippen molar-refractivity contribution in [1.29, 1.82) is 0 Å². The fourth-order valence-corrected chi connectivity index (χ4v) is 4.30. The molecule has 0 bridgehead atoms. The smallest absolute Gasteiger partial charge is 0.433 e. The normalized spacial score (nSPS) is 18.5. The minimum atomic E-state index is -4.40. The standard InChI is InChI=1S/C14H18N2O4.C10H12F3N2/c1-9-3-2-4-15(9)13(17)11-7-10(14(18)19)12-8-20-6-5-16(11)12;1-2-3-8(14)7-4-5-9(15-6-7)10(11,12)13/h7,9H,2-6,8H2,1H3,(H,18,19);4-6,8,14H,2-3H2,1H3/q;-1/t9-;8-/m01/s1. The predicted molar refractivity (Wildman–Crippen MR) is 122 cm³/mol. The Balaban J connectivity index is 0.000000205. The van der Waals surface area contributed by atoms with Crippen LogP contribution < -0.4 is 0 Å². The number of carbonyl (C=O) groups excluding carboxylic acids is 1. The van der Waals surface area contributed by atoms with Gasteiger partial charge in [-0.05, 0) is 37.5 Å². The molecule has 4 rings (SSSR count). The van der Waals surface area contributed by atoms with Crippen LogP contribution in [-0.2, 0) is 24.1 Å². The van der Waals surface area contributed by atoms with Crippen molar-refractivity contribution in [2.45, 2.75) is 70.9 Å². The number of amides is 1. The molecule has 192 valence electrons. The van der Waals surface area contributed by atoms with E-state index >= 15 is 0 Å². The number of hydrogen-bond acceptors (Lipinski definition) is 4. The Hall–Kier alpha value is -2.92. The molecular weight excluding hydrogens is 465 g/mol. The molecule has 2 aromatic heterocycles. The number of halogens is 3. The number of carbonyl (C=O) groups is 2. The molecule has 4 heterocycles. The summed E-state index contributed by atoms with van der Waals surface area (Å²) in [4.78, 5) is 29.1. The van der Waals surface area contributed by atoms with E-state index in [1.54, 1.807) is 4.57 Å². The van der Waals surface area contributed by atoms with Crippen molar-refractivity contribution in [1.82, 2.24) is 14.5 Å². The van der Waals surface area contributed by atoms with E-state index in [4.69, 9.17) is 10.5 Å². The Morgan fingerprint density at radius 3 is 2.60 bits per heavy atom. The number of aromatic carboxylic acids is 1. The number of hydrogen-bond donors (Lipinski definition) is 1. The number of ether oxygens (including phenoxy) is 1. The highest BCUT2D eigenvalue weighted by Gasteiger charge is 2.33. The van der Waals surface area contributed by atoms with Gasteiger partial charge < -0.3 is 25.0 Å². The minimum Gasteiger partial charge on any atom is -0.671 e. The van der Waals surface area contributed by atoms with Crippen molar-refractivity contribution < 1.29 is 32.6 Å². The van der Waals surface area contributed by atoms with E-state index in [2.05, 4.69) is 4.98 Å². The Kier molecular flexibility index (Phi) is 8.55. The first kappa shape index (κ1) is 26.7. The van der Waals surface area contributed by atoms with Gasteiger partial charge in [0.25, 0.3) is 5.91 Å². The molecule has 0 spiro atoms. The van der Waals surface area contributed by atoms with Crippen LogP contribution in [0.4, 0.5) is 13.2 Å². The molecule has 0 aliphatic carbocycles. The summed E-state index contributed by atoms with van der Waals surface area (Å²) >= 11 is 0. The number of nitrogens with one attached hydrogen (secondary N) is 1. The van der Waals surface area contributed by atoms with Crippen molar-refractivity contribution in [3.05, 3.63) is 58.3 Å². The highest BCUT2D eigenvalue weighted by molar-refractivity contribution is 5.98. The van der Waals surface area contributed by atoms with Gasteiger partial charge in [-0.1, -0.05) is 25.8 Å². The Morgan fingerprint density at radius 2 is 2.06 bits per heavy atom. The number of nitrogens with zero attached hydrogens (tertiary/aromatic N) is 3. The molecule has 0 aromatic carbocycles. The number of aromatic nitrogens is 2. The van der Waals surface area contributed by atoms with Gasteiger partial charge in [0.15, 0.2) is 0 Å². The molecular formula is C24H30F3N4O4-. The fourth-order valence-electron chi connectivity index (χ4n) is 4.30. The summed E-state index contributed by atoms with van der Waals surface area (Å²) in [6.07, 6.45) is 0.211. The van der Waals surface area contributed by atoms with E-state index in [1.807, 2.05) is 18.7 Å². The van der Waals surface area contributed by atoms with Crippen LogP contribution in [-0.4, -0.2) is 50.6 Å². The molecule has 0 saturated carbocycles. The summed E-state index contributed by atoms with van der Waals surface area (Å²) < 4.78 is 43.6. The fraction of sp³-hybridized carbons (Fsp3) is 0.542. The molecule has 1 saturated heterocycles. The van der Waals surface area contributed by atoms with Gasteiger partial charge in [-0.25, -0.2) is 4.79 Å². The van der Waals surface area contributed by atoms with Crippen LogP contribution in [0.15, 0.2) is 24.4 Å². The van der Waals surface area contributed by atoms with Crippen molar-refractivity contribution in [3.8, 4) is 0 Å². The van der Waals surface area contributed by atoms with Crippen LogP contribution >= 0.6 is 0 Å². The summed E-state index contributed by atoms with van der Waals surface area (Å²) in [6, 6.07) is 3.49. The van der Waals surface area contributed by atoms with Crippen LogP contribution in [0.25, 0.3) is 5.73 Å². The van der Waals surface area contributed by atoms with Gasteiger partial charge in [0.2, 0.25) is 0 Å².